The van der Waals surface area contributed by atoms with Crippen molar-refractivity contribution in [2.24, 2.45) is 0 Å². The van der Waals surface area contributed by atoms with Gasteiger partial charge in [0.2, 0.25) is 0 Å². The summed E-state index contributed by atoms with van der Waals surface area (Å²) >= 11 is 7.01. The first-order valence-electron chi connectivity index (χ1n) is 3.10. The number of alkyl halides is 3. The highest BCUT2D eigenvalue weighted by Gasteiger charge is 2.33. The van der Waals surface area contributed by atoms with Gasteiger partial charge >= 0.3 is 6.36 Å². The molecule has 3 nitrogen and oxygen atoms in total. The van der Waals surface area contributed by atoms with Crippen LogP contribution in [0.1, 0.15) is 0 Å². The number of hydrogen-bond acceptors (Lipinski definition) is 3. The normalized spacial score (nSPS) is 11.5. The lowest BCUT2D eigenvalue weighted by Gasteiger charge is -2.10. The van der Waals surface area contributed by atoms with Gasteiger partial charge in [-0.1, -0.05) is 11.6 Å². The molecule has 0 aromatic carbocycles. The summed E-state index contributed by atoms with van der Waals surface area (Å²) < 4.78 is 38.9. The van der Waals surface area contributed by atoms with E-state index in [2.05, 4.69) is 9.72 Å². The third-order valence-corrected chi connectivity index (χ3v) is 2.30. The lowest BCUT2D eigenvalue weighted by Crippen LogP contribution is -2.17. The molecule has 0 atom stereocenters. The summed E-state index contributed by atoms with van der Waals surface area (Å²) in [7, 11) is 0. The monoisotopic (exact) mass is 339 g/mol. The molecule has 0 saturated carbocycles. The quantitative estimate of drug-likeness (QED) is 0.632. The molecule has 14 heavy (non-hydrogen) atoms. The maximum absolute atomic E-state index is 11.8. The zero-order chi connectivity index (χ0) is 10.9. The summed E-state index contributed by atoms with van der Waals surface area (Å²) in [6, 6.07) is 0. The first-order chi connectivity index (χ1) is 6.31. The Morgan fingerprint density at radius 1 is 1.50 bits per heavy atom. The van der Waals surface area contributed by atoms with E-state index in [4.69, 9.17) is 16.7 Å². The van der Waals surface area contributed by atoms with Gasteiger partial charge in [-0.05, 0) is 22.6 Å². The van der Waals surface area contributed by atoms with E-state index in [-0.39, 0.29) is 3.70 Å². The van der Waals surface area contributed by atoms with E-state index in [9.17, 15) is 13.2 Å². The molecular formula is C6H2ClF3INO2. The molecule has 0 bridgehead atoms. The van der Waals surface area contributed by atoms with Crippen LogP contribution in [0.2, 0.25) is 5.02 Å². The van der Waals surface area contributed by atoms with Crippen LogP contribution < -0.4 is 4.74 Å². The van der Waals surface area contributed by atoms with Crippen molar-refractivity contribution in [3.05, 3.63) is 14.9 Å². The Balaban J connectivity index is 3.06. The minimum Gasteiger partial charge on any atom is -0.504 e. The predicted octanol–water partition coefficient (Wildman–Crippen LogP) is 2.94. The highest BCUT2D eigenvalue weighted by atomic mass is 127. The van der Waals surface area contributed by atoms with E-state index in [1.54, 1.807) is 22.6 Å². The lowest BCUT2D eigenvalue weighted by atomic mass is 10.4. The summed E-state index contributed by atoms with van der Waals surface area (Å²) in [5.74, 6) is -1.26. The molecule has 1 rings (SSSR count). The first kappa shape index (κ1) is 11.6. The van der Waals surface area contributed by atoms with Gasteiger partial charge in [0.25, 0.3) is 0 Å². The van der Waals surface area contributed by atoms with Gasteiger partial charge in [0.05, 0.1) is 6.20 Å². The van der Waals surface area contributed by atoms with Gasteiger partial charge in [-0.15, -0.1) is 13.2 Å². The van der Waals surface area contributed by atoms with Gasteiger partial charge in [0, 0.05) is 0 Å². The van der Waals surface area contributed by atoms with E-state index in [1.807, 2.05) is 0 Å². The Hall–Kier alpha value is -0.440. The van der Waals surface area contributed by atoms with Crippen LogP contribution in [-0.4, -0.2) is 16.5 Å². The van der Waals surface area contributed by atoms with Gasteiger partial charge in [0.1, 0.15) is 8.72 Å². The van der Waals surface area contributed by atoms with E-state index in [0.717, 1.165) is 6.20 Å². The largest absolute Gasteiger partial charge is 0.573 e. The molecule has 0 fully saturated rings. The van der Waals surface area contributed by atoms with Crippen LogP contribution in [0.4, 0.5) is 13.2 Å². The van der Waals surface area contributed by atoms with Crippen molar-refractivity contribution >= 4 is 34.2 Å². The molecule has 1 aromatic rings. The standard InChI is InChI=1S/C6H2ClF3INO2/c7-3-2(14-6(8,9)10)1-12-5(11)4(3)13/h1,13H. The fourth-order valence-electron chi connectivity index (χ4n) is 0.636. The van der Waals surface area contributed by atoms with Crippen molar-refractivity contribution < 1.29 is 23.0 Å². The summed E-state index contributed by atoms with van der Waals surface area (Å²) in [4.78, 5) is 3.45. The number of hydrogen-bond donors (Lipinski definition) is 1. The first-order valence-corrected chi connectivity index (χ1v) is 4.55. The van der Waals surface area contributed by atoms with Crippen molar-refractivity contribution in [1.29, 1.82) is 0 Å². The number of aromatic nitrogens is 1. The Kier molecular flexibility index (Phi) is 3.30. The second kappa shape index (κ2) is 3.97. The molecule has 0 aliphatic carbocycles. The van der Waals surface area contributed by atoms with Gasteiger partial charge in [-0.25, -0.2) is 4.98 Å². The van der Waals surface area contributed by atoms with Crippen molar-refractivity contribution in [2.75, 3.05) is 0 Å². The molecule has 0 radical (unpaired) electrons. The molecule has 0 aliphatic heterocycles. The van der Waals surface area contributed by atoms with Gasteiger partial charge in [0.15, 0.2) is 11.5 Å². The molecule has 78 valence electrons. The van der Waals surface area contributed by atoms with Crippen molar-refractivity contribution in [3.8, 4) is 11.5 Å². The Bertz CT molecular complexity index is 358. The molecule has 0 spiro atoms. The SMILES string of the molecule is Oc1c(I)ncc(OC(F)(F)F)c1Cl. The highest BCUT2D eigenvalue weighted by Crippen LogP contribution is 2.37. The summed E-state index contributed by atoms with van der Waals surface area (Å²) in [6.07, 6.45) is -4.07. The van der Waals surface area contributed by atoms with Crippen LogP contribution in [0.25, 0.3) is 0 Å². The third-order valence-electron chi connectivity index (χ3n) is 1.14. The van der Waals surface area contributed by atoms with E-state index < -0.39 is 22.9 Å². The minimum atomic E-state index is -4.86. The zero-order valence-corrected chi connectivity index (χ0v) is 9.18. The second-order valence-electron chi connectivity index (χ2n) is 2.12. The number of rotatable bonds is 1. The fraction of sp³-hybridized carbons (Fsp3) is 0.167. The molecule has 8 heteroatoms. The van der Waals surface area contributed by atoms with Gasteiger partial charge in [-0.2, -0.15) is 0 Å². The van der Waals surface area contributed by atoms with Crippen LogP contribution in [0.3, 0.4) is 0 Å². The number of aromatic hydroxyl groups is 1. The molecule has 0 aliphatic rings. The van der Waals surface area contributed by atoms with Crippen LogP contribution in [-0.2, 0) is 0 Å². The van der Waals surface area contributed by atoms with Crippen LogP contribution in [0.15, 0.2) is 6.20 Å². The predicted molar refractivity (Wildman–Crippen MR) is 50.3 cm³/mol. The Labute approximate surface area is 95.0 Å². The van der Waals surface area contributed by atoms with Crippen molar-refractivity contribution in [1.82, 2.24) is 4.98 Å². The molecule has 1 heterocycles. The van der Waals surface area contributed by atoms with Crippen LogP contribution in [0, 0.1) is 3.70 Å². The second-order valence-corrected chi connectivity index (χ2v) is 3.52. The molecule has 0 saturated heterocycles. The van der Waals surface area contributed by atoms with Crippen molar-refractivity contribution in [2.45, 2.75) is 6.36 Å². The number of ether oxygens (including phenoxy) is 1. The molecule has 1 N–H and O–H groups in total. The Morgan fingerprint density at radius 2 is 2.07 bits per heavy atom. The van der Waals surface area contributed by atoms with Gasteiger partial charge < -0.3 is 9.84 Å². The molecule has 0 unspecified atom stereocenters. The highest BCUT2D eigenvalue weighted by molar-refractivity contribution is 14.1. The van der Waals surface area contributed by atoms with E-state index in [0.29, 0.717) is 0 Å². The lowest BCUT2D eigenvalue weighted by molar-refractivity contribution is -0.274. The zero-order valence-electron chi connectivity index (χ0n) is 6.27. The minimum absolute atomic E-state index is 0.0992. The van der Waals surface area contributed by atoms with E-state index >= 15 is 0 Å². The van der Waals surface area contributed by atoms with Crippen LogP contribution >= 0.6 is 34.2 Å². The van der Waals surface area contributed by atoms with Gasteiger partial charge in [-0.3, -0.25) is 0 Å². The number of pyridine rings is 1. The fourth-order valence-corrected chi connectivity index (χ4v) is 1.38. The number of halogens is 5. The Morgan fingerprint density at radius 3 is 2.57 bits per heavy atom. The molecule has 0 amide bonds. The average Bonchev–Trinajstić information content (AvgIpc) is 2.04. The maximum Gasteiger partial charge on any atom is 0.573 e. The van der Waals surface area contributed by atoms with Crippen molar-refractivity contribution in [3.63, 3.8) is 0 Å². The smallest absolute Gasteiger partial charge is 0.504 e. The third kappa shape index (κ3) is 2.77. The summed E-state index contributed by atoms with van der Waals surface area (Å²) in [5.41, 5.74) is 0. The average molecular weight is 339 g/mol. The number of nitrogens with zero attached hydrogens (tertiary/aromatic N) is 1. The van der Waals surface area contributed by atoms with Crippen LogP contribution in [0.5, 0.6) is 11.5 Å². The molecular weight excluding hydrogens is 337 g/mol. The maximum atomic E-state index is 11.8. The summed E-state index contributed by atoms with van der Waals surface area (Å²) in [5, 5.41) is 8.62. The summed E-state index contributed by atoms with van der Waals surface area (Å²) in [6.45, 7) is 0. The molecule has 1 aromatic heterocycles. The van der Waals surface area contributed by atoms with E-state index in [1.165, 1.54) is 0 Å². The topological polar surface area (TPSA) is 42.4 Å².